The van der Waals surface area contributed by atoms with Crippen LogP contribution in [0.1, 0.15) is 0 Å². The second kappa shape index (κ2) is 4.83. The highest BCUT2D eigenvalue weighted by Gasteiger charge is 2.22. The smallest absolute Gasteiger partial charge is 0.242 e. The molecule has 1 heterocycles. The van der Waals surface area contributed by atoms with Crippen molar-refractivity contribution in [2.45, 2.75) is 4.90 Å². The first kappa shape index (κ1) is 12.7. The van der Waals surface area contributed by atoms with E-state index < -0.39 is 10.0 Å². The van der Waals surface area contributed by atoms with Crippen LogP contribution in [0.4, 0.5) is 5.69 Å². The Bertz CT molecular complexity index is 570. The van der Waals surface area contributed by atoms with Gasteiger partial charge in [-0.05, 0) is 7.05 Å². The van der Waals surface area contributed by atoms with Gasteiger partial charge >= 0.3 is 0 Å². The Morgan fingerprint density at radius 2 is 1.83 bits per heavy atom. The first-order valence-corrected chi connectivity index (χ1v) is 6.64. The molecule has 0 spiro atoms. The third-order valence-electron chi connectivity index (χ3n) is 2.42. The number of hydrogen-bond donors (Lipinski definition) is 2. The zero-order chi connectivity index (χ0) is 13.2. The lowest BCUT2D eigenvalue weighted by Gasteiger charge is -2.20. The number of rotatable bonds is 4. The van der Waals surface area contributed by atoms with Crippen molar-refractivity contribution in [2.24, 2.45) is 0 Å². The molecular formula is C10H12N2O5S. The average molecular weight is 272 g/mol. The third kappa shape index (κ3) is 2.24. The van der Waals surface area contributed by atoms with E-state index in [2.05, 4.69) is 10.0 Å². The Balaban J connectivity index is 2.59. The first-order valence-electron chi connectivity index (χ1n) is 5.16. The van der Waals surface area contributed by atoms with E-state index in [9.17, 15) is 13.2 Å². The Hall–Kier alpha value is -1.80. The number of hydrogen-bond acceptors (Lipinski definition) is 5. The molecule has 18 heavy (non-hydrogen) atoms. The van der Waals surface area contributed by atoms with Gasteiger partial charge in [0.2, 0.25) is 16.4 Å². The number of ether oxygens (including phenoxy) is 2. The summed E-state index contributed by atoms with van der Waals surface area (Å²) < 4.78 is 36.4. The lowest BCUT2D eigenvalue weighted by molar-refractivity contribution is -0.105. The van der Waals surface area contributed by atoms with Gasteiger partial charge < -0.3 is 14.8 Å². The molecular weight excluding hydrogens is 260 g/mol. The number of benzene rings is 1. The zero-order valence-electron chi connectivity index (χ0n) is 9.60. The summed E-state index contributed by atoms with van der Waals surface area (Å²) in [6.45, 7) is 0.734. The lowest BCUT2D eigenvalue weighted by atomic mass is 10.2. The highest BCUT2D eigenvalue weighted by atomic mass is 32.2. The molecule has 0 fully saturated rings. The highest BCUT2D eigenvalue weighted by Crippen LogP contribution is 2.37. The maximum absolute atomic E-state index is 11.8. The lowest BCUT2D eigenvalue weighted by Crippen LogP contribution is -2.22. The second-order valence-corrected chi connectivity index (χ2v) is 5.32. The summed E-state index contributed by atoms with van der Waals surface area (Å²) in [6.07, 6.45) is 0.403. The van der Waals surface area contributed by atoms with Crippen molar-refractivity contribution < 1.29 is 22.7 Å². The third-order valence-corrected chi connectivity index (χ3v) is 3.87. The average Bonchev–Trinajstić information content (AvgIpc) is 2.38. The molecule has 0 aromatic heterocycles. The van der Waals surface area contributed by atoms with Gasteiger partial charge in [-0.2, -0.15) is 0 Å². The molecule has 1 aliphatic rings. The molecule has 1 aromatic carbocycles. The van der Waals surface area contributed by atoms with Gasteiger partial charge in [-0.25, -0.2) is 13.1 Å². The van der Waals surface area contributed by atoms with Gasteiger partial charge in [0.15, 0.2) is 11.5 Å². The number of amides is 1. The Labute approximate surface area is 104 Å². The molecule has 1 aliphatic heterocycles. The van der Waals surface area contributed by atoms with Crippen molar-refractivity contribution in [3.8, 4) is 11.5 Å². The molecule has 0 bridgehead atoms. The predicted octanol–water partition coefficient (Wildman–Crippen LogP) is -0.0658. The summed E-state index contributed by atoms with van der Waals surface area (Å²) in [5.74, 6) is 0.743. The minimum Gasteiger partial charge on any atom is -0.486 e. The molecule has 8 heteroatoms. The number of sulfonamides is 1. The SMILES string of the molecule is CNS(=O)(=O)c1cc2c(cc1NC=O)OCCO2. The first-order chi connectivity index (χ1) is 8.58. The molecule has 0 atom stereocenters. The maximum Gasteiger partial charge on any atom is 0.242 e. The van der Waals surface area contributed by atoms with Crippen LogP contribution in [0.25, 0.3) is 0 Å². The van der Waals surface area contributed by atoms with E-state index in [1.807, 2.05) is 0 Å². The predicted molar refractivity (Wildman–Crippen MR) is 63.4 cm³/mol. The minimum absolute atomic E-state index is 0.0682. The van der Waals surface area contributed by atoms with Crippen LogP contribution in [-0.4, -0.2) is 35.1 Å². The maximum atomic E-state index is 11.8. The van der Waals surface area contributed by atoms with E-state index in [4.69, 9.17) is 9.47 Å². The zero-order valence-corrected chi connectivity index (χ0v) is 10.4. The standard InChI is InChI=1S/C10H12N2O5S/c1-11-18(14,15)10-5-9-8(16-2-3-17-9)4-7(10)12-6-13/h4-6,11H,2-3H2,1H3,(H,12,13). The normalized spacial score (nSPS) is 14.1. The van der Waals surface area contributed by atoms with Gasteiger partial charge in [-0.1, -0.05) is 0 Å². The summed E-state index contributed by atoms with van der Waals surface area (Å²) in [7, 11) is -2.40. The van der Waals surface area contributed by atoms with Gasteiger partial charge in [-0.3, -0.25) is 4.79 Å². The van der Waals surface area contributed by atoms with E-state index in [0.717, 1.165) is 0 Å². The van der Waals surface area contributed by atoms with Crippen molar-refractivity contribution in [2.75, 3.05) is 25.6 Å². The molecule has 2 N–H and O–H groups in total. The Kier molecular flexibility index (Phi) is 3.39. The Morgan fingerprint density at radius 1 is 1.22 bits per heavy atom. The fourth-order valence-electron chi connectivity index (χ4n) is 1.58. The molecule has 1 amide bonds. The molecule has 0 saturated carbocycles. The van der Waals surface area contributed by atoms with E-state index in [0.29, 0.717) is 31.1 Å². The molecule has 7 nitrogen and oxygen atoms in total. The van der Waals surface area contributed by atoms with Crippen molar-refractivity contribution in [3.05, 3.63) is 12.1 Å². The highest BCUT2D eigenvalue weighted by molar-refractivity contribution is 7.89. The van der Waals surface area contributed by atoms with Crippen molar-refractivity contribution in [1.82, 2.24) is 4.72 Å². The van der Waals surface area contributed by atoms with Crippen molar-refractivity contribution >= 4 is 22.1 Å². The fraction of sp³-hybridized carbons (Fsp3) is 0.300. The molecule has 98 valence electrons. The number of nitrogens with one attached hydrogen (secondary N) is 2. The van der Waals surface area contributed by atoms with Crippen molar-refractivity contribution in [1.29, 1.82) is 0 Å². The molecule has 0 radical (unpaired) electrons. The summed E-state index contributed by atoms with van der Waals surface area (Å²) >= 11 is 0. The van der Waals surface area contributed by atoms with Crippen LogP contribution in [0.2, 0.25) is 0 Å². The molecule has 1 aromatic rings. The van der Waals surface area contributed by atoms with Crippen LogP contribution in [-0.2, 0) is 14.8 Å². The van der Waals surface area contributed by atoms with Crippen LogP contribution in [0.3, 0.4) is 0 Å². The van der Waals surface area contributed by atoms with Gasteiger partial charge in [0, 0.05) is 12.1 Å². The molecule has 0 unspecified atom stereocenters. The number of carbonyl (C=O) groups is 1. The quantitative estimate of drug-likeness (QED) is 0.749. The van der Waals surface area contributed by atoms with Crippen LogP contribution in [0.5, 0.6) is 11.5 Å². The topological polar surface area (TPSA) is 93.7 Å². The van der Waals surface area contributed by atoms with Crippen LogP contribution in [0, 0.1) is 0 Å². The van der Waals surface area contributed by atoms with Gasteiger partial charge in [0.25, 0.3) is 0 Å². The number of anilines is 1. The van der Waals surface area contributed by atoms with E-state index >= 15 is 0 Å². The fourth-order valence-corrected chi connectivity index (χ4v) is 2.47. The summed E-state index contributed by atoms with van der Waals surface area (Å²) in [5.41, 5.74) is 0.142. The number of fused-ring (bicyclic) bond motifs is 1. The van der Waals surface area contributed by atoms with E-state index in [1.165, 1.54) is 19.2 Å². The van der Waals surface area contributed by atoms with Crippen LogP contribution < -0.4 is 19.5 Å². The van der Waals surface area contributed by atoms with E-state index in [-0.39, 0.29) is 10.6 Å². The molecule has 0 saturated heterocycles. The van der Waals surface area contributed by atoms with Crippen LogP contribution >= 0.6 is 0 Å². The molecule has 0 aliphatic carbocycles. The summed E-state index contributed by atoms with van der Waals surface area (Å²) in [6, 6.07) is 2.75. The Morgan fingerprint density at radius 3 is 2.39 bits per heavy atom. The largest absolute Gasteiger partial charge is 0.486 e. The van der Waals surface area contributed by atoms with Crippen LogP contribution in [0.15, 0.2) is 17.0 Å². The minimum atomic E-state index is -3.69. The van der Waals surface area contributed by atoms with Gasteiger partial charge in [0.05, 0.1) is 5.69 Å². The monoisotopic (exact) mass is 272 g/mol. The molecule has 2 rings (SSSR count). The summed E-state index contributed by atoms with van der Waals surface area (Å²) in [5, 5.41) is 2.33. The second-order valence-electron chi connectivity index (χ2n) is 3.46. The van der Waals surface area contributed by atoms with Crippen molar-refractivity contribution in [3.63, 3.8) is 0 Å². The summed E-state index contributed by atoms with van der Waals surface area (Å²) in [4.78, 5) is 10.4. The van der Waals surface area contributed by atoms with Gasteiger partial charge in [-0.15, -0.1) is 0 Å². The number of carbonyl (C=O) groups excluding carboxylic acids is 1. The van der Waals surface area contributed by atoms with E-state index in [1.54, 1.807) is 0 Å². The van der Waals surface area contributed by atoms with Gasteiger partial charge in [0.1, 0.15) is 18.1 Å².